The maximum Gasteiger partial charge on any atom is 0.247 e. The van der Waals surface area contributed by atoms with Crippen LogP contribution in [0.2, 0.25) is 0 Å². The summed E-state index contributed by atoms with van der Waals surface area (Å²) >= 11 is 0. The molecule has 1 N–H and O–H groups in total. The molecule has 4 aromatic rings. The second-order valence-electron chi connectivity index (χ2n) is 9.41. The lowest BCUT2D eigenvalue weighted by molar-refractivity contribution is -0.138. The third kappa shape index (κ3) is 7.20. The lowest BCUT2D eigenvalue weighted by Gasteiger charge is -2.27. The molecule has 2 amide bonds. The lowest BCUT2D eigenvalue weighted by atomic mass is 10.1. The van der Waals surface area contributed by atoms with Crippen molar-refractivity contribution in [3.63, 3.8) is 0 Å². The molecule has 37 heavy (non-hydrogen) atoms. The van der Waals surface area contributed by atoms with E-state index in [0.717, 1.165) is 29.5 Å². The minimum absolute atomic E-state index is 0.0460. The van der Waals surface area contributed by atoms with Gasteiger partial charge in [-0.05, 0) is 48.6 Å². The van der Waals surface area contributed by atoms with Crippen molar-refractivity contribution in [1.29, 1.82) is 0 Å². The summed E-state index contributed by atoms with van der Waals surface area (Å²) in [5.41, 5.74) is 5.50. The van der Waals surface area contributed by atoms with Gasteiger partial charge in [0.1, 0.15) is 6.54 Å². The van der Waals surface area contributed by atoms with Crippen LogP contribution in [0.25, 0.3) is 17.0 Å². The van der Waals surface area contributed by atoms with E-state index in [1.165, 1.54) is 16.5 Å². The number of rotatable bonds is 11. The van der Waals surface area contributed by atoms with Gasteiger partial charge >= 0.3 is 0 Å². The van der Waals surface area contributed by atoms with Crippen LogP contribution in [0.15, 0.2) is 91.1 Å². The summed E-state index contributed by atoms with van der Waals surface area (Å²) in [5.74, 6) is -0.193. The fourth-order valence-corrected chi connectivity index (χ4v) is 4.44. The molecular formula is C32H35N3O2. The first-order chi connectivity index (χ1) is 18.0. The zero-order chi connectivity index (χ0) is 26.0. The molecule has 1 heterocycles. The first-order valence-electron chi connectivity index (χ1n) is 12.9. The molecule has 0 fully saturated rings. The van der Waals surface area contributed by atoms with Gasteiger partial charge in [0.15, 0.2) is 0 Å². The van der Waals surface area contributed by atoms with Crippen LogP contribution >= 0.6 is 0 Å². The third-order valence-corrected chi connectivity index (χ3v) is 6.52. The summed E-state index contributed by atoms with van der Waals surface area (Å²) in [7, 11) is 0. The van der Waals surface area contributed by atoms with Crippen LogP contribution < -0.4 is 0 Å². The Morgan fingerprint density at radius 3 is 2.35 bits per heavy atom. The summed E-state index contributed by atoms with van der Waals surface area (Å²) in [6, 6.07) is 26.2. The van der Waals surface area contributed by atoms with Crippen molar-refractivity contribution in [2.24, 2.45) is 0 Å². The van der Waals surface area contributed by atoms with Crippen molar-refractivity contribution in [1.82, 2.24) is 14.8 Å². The fourth-order valence-electron chi connectivity index (χ4n) is 4.44. The number of nitrogens with zero attached hydrogens (tertiary/aromatic N) is 2. The number of benzene rings is 3. The van der Waals surface area contributed by atoms with Gasteiger partial charge in [-0.15, -0.1) is 0 Å². The second kappa shape index (κ2) is 12.7. The zero-order valence-electron chi connectivity index (χ0n) is 21.7. The fraction of sp³-hybridized carbons (Fsp3) is 0.250. The molecule has 0 aliphatic rings. The Morgan fingerprint density at radius 2 is 1.59 bits per heavy atom. The molecule has 0 radical (unpaired) electrons. The third-order valence-electron chi connectivity index (χ3n) is 6.52. The standard InChI is InChI=1S/C32H35N3O2/c1-3-20-34(31(36)18-17-26-9-5-4-6-10-26)24-32(37)35(23-27-15-13-25(2)14-16-27)21-19-28-22-33-30-12-8-7-11-29(28)30/h4-18,22,33H,3,19-21,23-24H2,1-2H3/b18-17+. The average molecular weight is 494 g/mol. The van der Waals surface area contributed by atoms with E-state index in [9.17, 15) is 9.59 Å². The Labute approximate surface area is 219 Å². The van der Waals surface area contributed by atoms with Gasteiger partial charge in [-0.25, -0.2) is 0 Å². The van der Waals surface area contributed by atoms with Gasteiger partial charge in [-0.1, -0.05) is 85.3 Å². The van der Waals surface area contributed by atoms with E-state index in [1.807, 2.05) is 60.5 Å². The smallest absolute Gasteiger partial charge is 0.247 e. The minimum atomic E-state index is -0.147. The van der Waals surface area contributed by atoms with Crippen molar-refractivity contribution in [3.05, 3.63) is 113 Å². The largest absolute Gasteiger partial charge is 0.361 e. The molecule has 190 valence electrons. The average Bonchev–Trinajstić information content (AvgIpc) is 3.34. The Hall–Kier alpha value is -4.12. The Bertz CT molecular complexity index is 1340. The molecular weight excluding hydrogens is 458 g/mol. The summed E-state index contributed by atoms with van der Waals surface area (Å²) < 4.78 is 0. The van der Waals surface area contributed by atoms with E-state index in [4.69, 9.17) is 0 Å². The molecule has 0 atom stereocenters. The molecule has 0 bridgehead atoms. The van der Waals surface area contributed by atoms with E-state index in [0.29, 0.717) is 19.6 Å². The van der Waals surface area contributed by atoms with E-state index >= 15 is 0 Å². The maximum absolute atomic E-state index is 13.6. The first kappa shape index (κ1) is 26.0. The van der Waals surface area contributed by atoms with Gasteiger partial charge in [-0.3, -0.25) is 9.59 Å². The topological polar surface area (TPSA) is 56.4 Å². The normalized spacial score (nSPS) is 11.2. The van der Waals surface area contributed by atoms with E-state index < -0.39 is 0 Å². The molecule has 3 aromatic carbocycles. The number of H-pyrrole nitrogens is 1. The van der Waals surface area contributed by atoms with Crippen LogP contribution in [0.5, 0.6) is 0 Å². The van der Waals surface area contributed by atoms with Crippen molar-refractivity contribution < 1.29 is 9.59 Å². The SMILES string of the molecule is CCCN(CC(=O)N(CCc1c[nH]c2ccccc12)Cc1ccc(C)cc1)C(=O)/C=C/c1ccccc1. The highest BCUT2D eigenvalue weighted by molar-refractivity contribution is 5.94. The quantitative estimate of drug-likeness (QED) is 0.261. The number of hydrogen-bond donors (Lipinski definition) is 1. The van der Waals surface area contributed by atoms with Crippen LogP contribution in [0.1, 0.15) is 35.6 Å². The number of nitrogens with one attached hydrogen (secondary N) is 1. The number of aromatic amines is 1. The molecule has 0 unspecified atom stereocenters. The highest BCUT2D eigenvalue weighted by atomic mass is 16.2. The number of carbonyl (C=O) groups is 2. The van der Waals surface area contributed by atoms with Crippen LogP contribution in [-0.2, 0) is 22.6 Å². The number of aromatic nitrogens is 1. The summed E-state index contributed by atoms with van der Waals surface area (Å²) in [5, 5.41) is 1.18. The van der Waals surface area contributed by atoms with Gasteiger partial charge in [0.2, 0.25) is 11.8 Å². The summed E-state index contributed by atoms with van der Waals surface area (Å²) in [6.07, 6.45) is 6.91. The van der Waals surface area contributed by atoms with Gasteiger partial charge in [-0.2, -0.15) is 0 Å². The molecule has 1 aromatic heterocycles. The Balaban J connectivity index is 1.49. The molecule has 5 heteroatoms. The predicted octanol–water partition coefficient (Wildman–Crippen LogP) is 6.00. The highest BCUT2D eigenvalue weighted by Gasteiger charge is 2.20. The lowest BCUT2D eigenvalue weighted by Crippen LogP contribution is -2.43. The molecule has 0 aliphatic heterocycles. The zero-order valence-corrected chi connectivity index (χ0v) is 21.7. The van der Waals surface area contributed by atoms with Gasteiger partial charge < -0.3 is 14.8 Å². The first-order valence-corrected chi connectivity index (χ1v) is 12.9. The Kier molecular flexibility index (Phi) is 8.93. The monoisotopic (exact) mass is 493 g/mol. The summed E-state index contributed by atoms with van der Waals surface area (Å²) in [6.45, 7) is 5.75. The number of carbonyl (C=O) groups excluding carboxylic acids is 2. The van der Waals surface area contributed by atoms with E-state index in [-0.39, 0.29) is 18.4 Å². The predicted molar refractivity (Wildman–Crippen MR) is 151 cm³/mol. The van der Waals surface area contributed by atoms with Crippen LogP contribution in [0.4, 0.5) is 0 Å². The van der Waals surface area contributed by atoms with E-state index in [2.05, 4.69) is 48.3 Å². The second-order valence-corrected chi connectivity index (χ2v) is 9.41. The van der Waals surface area contributed by atoms with Crippen molar-refractivity contribution in [3.8, 4) is 0 Å². The molecule has 4 rings (SSSR count). The van der Waals surface area contributed by atoms with Gasteiger partial charge in [0.25, 0.3) is 0 Å². The maximum atomic E-state index is 13.6. The van der Waals surface area contributed by atoms with Crippen molar-refractivity contribution >= 4 is 28.8 Å². The van der Waals surface area contributed by atoms with Crippen molar-refractivity contribution in [2.75, 3.05) is 19.6 Å². The number of hydrogen-bond acceptors (Lipinski definition) is 2. The summed E-state index contributed by atoms with van der Waals surface area (Å²) in [4.78, 5) is 33.5. The number of amides is 2. The van der Waals surface area contributed by atoms with E-state index in [1.54, 1.807) is 17.1 Å². The van der Waals surface area contributed by atoms with Crippen LogP contribution in [-0.4, -0.2) is 46.2 Å². The molecule has 0 saturated heterocycles. The number of aryl methyl sites for hydroxylation is 1. The molecule has 0 spiro atoms. The van der Waals surface area contributed by atoms with Crippen LogP contribution in [0, 0.1) is 6.92 Å². The molecule has 0 aliphatic carbocycles. The molecule has 0 saturated carbocycles. The number of fused-ring (bicyclic) bond motifs is 1. The van der Waals surface area contributed by atoms with Gasteiger partial charge in [0, 0.05) is 42.8 Å². The highest BCUT2D eigenvalue weighted by Crippen LogP contribution is 2.19. The van der Waals surface area contributed by atoms with Crippen molar-refractivity contribution in [2.45, 2.75) is 33.2 Å². The minimum Gasteiger partial charge on any atom is -0.361 e. The number of para-hydroxylation sites is 1. The molecule has 5 nitrogen and oxygen atoms in total. The van der Waals surface area contributed by atoms with Gasteiger partial charge in [0.05, 0.1) is 0 Å². The Morgan fingerprint density at radius 1 is 0.865 bits per heavy atom. The van der Waals surface area contributed by atoms with Crippen LogP contribution in [0.3, 0.4) is 0 Å².